The van der Waals surface area contributed by atoms with Gasteiger partial charge >= 0.3 is 6.18 Å². The highest BCUT2D eigenvalue weighted by molar-refractivity contribution is 7.99. The van der Waals surface area contributed by atoms with Crippen LogP contribution in [0.4, 0.5) is 13.2 Å². The molecule has 2 fully saturated rings. The Kier molecular flexibility index (Phi) is 5.96. The van der Waals surface area contributed by atoms with E-state index in [0.29, 0.717) is 19.4 Å². The van der Waals surface area contributed by atoms with Gasteiger partial charge in [0.1, 0.15) is 12.4 Å². The number of carbonyl (C=O) groups is 1. The van der Waals surface area contributed by atoms with Crippen LogP contribution in [0, 0.1) is 5.92 Å². The Morgan fingerprint density at radius 1 is 1.33 bits per heavy atom. The second-order valence-corrected chi connectivity index (χ2v) is 6.94. The number of carbonyl (C=O) groups excluding carboxylic acids is 1. The van der Waals surface area contributed by atoms with Crippen LogP contribution >= 0.6 is 11.8 Å². The maximum Gasteiger partial charge on any atom is 0.411 e. The molecule has 0 aliphatic carbocycles. The van der Waals surface area contributed by atoms with Crippen LogP contribution in [0.15, 0.2) is 0 Å². The molecule has 2 rings (SSSR count). The van der Waals surface area contributed by atoms with Gasteiger partial charge in [0.15, 0.2) is 0 Å². The zero-order valence-corrected chi connectivity index (χ0v) is 12.7. The van der Waals surface area contributed by atoms with Crippen LogP contribution < -0.4 is 0 Å². The molecule has 0 bridgehead atoms. The van der Waals surface area contributed by atoms with Crippen molar-refractivity contribution in [3.63, 3.8) is 0 Å². The highest BCUT2D eigenvalue weighted by Crippen LogP contribution is 2.40. The Morgan fingerprint density at radius 2 is 2.05 bits per heavy atom. The molecule has 122 valence electrons. The van der Waals surface area contributed by atoms with Crippen molar-refractivity contribution in [2.45, 2.75) is 43.9 Å². The highest BCUT2D eigenvalue weighted by Gasteiger charge is 2.40. The maximum absolute atomic E-state index is 12.1. The minimum atomic E-state index is -4.33. The van der Waals surface area contributed by atoms with Crippen LogP contribution in [0.3, 0.4) is 0 Å². The summed E-state index contributed by atoms with van der Waals surface area (Å²) in [7, 11) is 0. The van der Waals surface area contributed by atoms with Crippen LogP contribution in [0.2, 0.25) is 0 Å². The third-order valence-electron chi connectivity index (χ3n) is 4.11. The van der Waals surface area contributed by atoms with Crippen LogP contribution in [-0.4, -0.2) is 48.9 Å². The lowest BCUT2D eigenvalue weighted by molar-refractivity contribution is -0.175. The average Bonchev–Trinajstić information content (AvgIpc) is 2.43. The Bertz CT molecular complexity index is 348. The van der Waals surface area contributed by atoms with Crippen molar-refractivity contribution in [1.29, 1.82) is 0 Å². The molecule has 2 heterocycles. The monoisotopic (exact) mass is 326 g/mol. The van der Waals surface area contributed by atoms with E-state index in [4.69, 9.17) is 4.74 Å². The number of rotatable bonds is 5. The summed E-state index contributed by atoms with van der Waals surface area (Å²) >= 11 is 1.90. The first-order chi connectivity index (χ1) is 9.90. The van der Waals surface area contributed by atoms with Gasteiger partial charge in [-0.05, 0) is 37.2 Å². The molecule has 0 aromatic carbocycles. The summed E-state index contributed by atoms with van der Waals surface area (Å²) in [6.07, 6.45) is -0.951. The molecule has 3 nitrogen and oxygen atoms in total. The van der Waals surface area contributed by atoms with Crippen molar-refractivity contribution in [3.05, 3.63) is 0 Å². The summed E-state index contributed by atoms with van der Waals surface area (Å²) in [6.45, 7) is -0.863. The van der Waals surface area contributed by atoms with E-state index in [9.17, 15) is 18.0 Å². The topological polar surface area (TPSA) is 35.5 Å². The molecule has 2 saturated heterocycles. The van der Waals surface area contributed by atoms with Gasteiger partial charge in [0, 0.05) is 18.9 Å². The lowest BCUT2D eigenvalue weighted by Gasteiger charge is -2.43. The Morgan fingerprint density at radius 3 is 2.71 bits per heavy atom. The quantitative estimate of drug-likeness (QED) is 0.727. The second kappa shape index (κ2) is 7.33. The fourth-order valence-corrected chi connectivity index (χ4v) is 4.20. The molecule has 7 heteroatoms. The third-order valence-corrected chi connectivity index (χ3v) is 5.10. The maximum atomic E-state index is 12.1. The van der Waals surface area contributed by atoms with Crippen molar-refractivity contribution in [2.75, 3.05) is 31.3 Å². The normalized spacial score (nSPS) is 26.0. The number of hydrogen-bond acceptors (Lipinski definition) is 4. The predicted octanol–water partition coefficient (Wildman–Crippen LogP) is 3.22. The van der Waals surface area contributed by atoms with Gasteiger partial charge < -0.3 is 9.47 Å². The smallest absolute Gasteiger partial charge is 0.375 e. The summed E-state index contributed by atoms with van der Waals surface area (Å²) < 4.78 is 46.3. The predicted molar refractivity (Wildman–Crippen MR) is 74.5 cm³/mol. The lowest BCUT2D eigenvalue weighted by atomic mass is 9.79. The largest absolute Gasteiger partial charge is 0.411 e. The number of alkyl halides is 3. The number of ether oxygens (including phenoxy) is 2. The summed E-state index contributed by atoms with van der Waals surface area (Å²) in [6, 6.07) is 0. The Balaban J connectivity index is 1.74. The minimum absolute atomic E-state index is 0.0121. The lowest BCUT2D eigenvalue weighted by Crippen LogP contribution is -2.44. The molecule has 2 aliphatic heterocycles. The van der Waals surface area contributed by atoms with Gasteiger partial charge in [-0.25, -0.2) is 0 Å². The summed E-state index contributed by atoms with van der Waals surface area (Å²) in [5.74, 6) is 2.03. The molecular formula is C14H21F3O3S. The van der Waals surface area contributed by atoms with Crippen LogP contribution in [0.25, 0.3) is 0 Å². The first-order valence-electron chi connectivity index (χ1n) is 7.29. The average molecular weight is 326 g/mol. The van der Waals surface area contributed by atoms with E-state index in [-0.39, 0.29) is 30.3 Å². The Labute approximate surface area is 126 Å². The zero-order valence-electron chi connectivity index (χ0n) is 11.9. The molecule has 0 amide bonds. The SMILES string of the molecule is O=C(CCOCC(F)(F)F)C1CCOC2(CCSCC2)C1. The molecule has 2 aliphatic rings. The number of hydrogen-bond donors (Lipinski definition) is 0. The summed E-state index contributed by atoms with van der Waals surface area (Å²) in [5, 5.41) is 0. The molecule has 1 unspecified atom stereocenters. The van der Waals surface area contributed by atoms with Crippen molar-refractivity contribution >= 4 is 17.5 Å². The molecule has 0 radical (unpaired) electrons. The van der Waals surface area contributed by atoms with Gasteiger partial charge in [0.2, 0.25) is 0 Å². The van der Waals surface area contributed by atoms with Crippen LogP contribution in [0.1, 0.15) is 32.1 Å². The van der Waals surface area contributed by atoms with E-state index in [1.165, 1.54) is 0 Å². The summed E-state index contributed by atoms with van der Waals surface area (Å²) in [5.41, 5.74) is -0.170. The van der Waals surface area contributed by atoms with E-state index < -0.39 is 12.8 Å². The van der Waals surface area contributed by atoms with E-state index in [1.54, 1.807) is 0 Å². The number of Topliss-reactive ketones (excluding diaryl/α,β-unsaturated/α-hetero) is 1. The van der Waals surface area contributed by atoms with Crippen LogP contribution in [0.5, 0.6) is 0 Å². The van der Waals surface area contributed by atoms with Gasteiger partial charge in [-0.3, -0.25) is 4.79 Å². The third kappa shape index (κ3) is 5.45. The number of halogens is 3. The number of ketones is 1. The summed E-state index contributed by atoms with van der Waals surface area (Å²) in [4.78, 5) is 12.1. The molecule has 0 aromatic heterocycles. The van der Waals surface area contributed by atoms with E-state index in [0.717, 1.165) is 24.3 Å². The van der Waals surface area contributed by atoms with E-state index in [1.807, 2.05) is 11.8 Å². The van der Waals surface area contributed by atoms with Gasteiger partial charge in [0.05, 0.1) is 12.2 Å². The molecule has 21 heavy (non-hydrogen) atoms. The van der Waals surface area contributed by atoms with Crippen molar-refractivity contribution in [2.24, 2.45) is 5.92 Å². The fraction of sp³-hybridized carbons (Fsp3) is 0.929. The molecule has 0 saturated carbocycles. The zero-order chi connectivity index (χ0) is 15.3. The molecule has 0 aromatic rings. The molecule has 0 N–H and O–H groups in total. The van der Waals surface area contributed by atoms with Crippen LogP contribution in [-0.2, 0) is 14.3 Å². The molecule has 1 spiro atoms. The minimum Gasteiger partial charge on any atom is -0.375 e. The van der Waals surface area contributed by atoms with Crippen molar-refractivity contribution in [1.82, 2.24) is 0 Å². The second-order valence-electron chi connectivity index (χ2n) is 5.72. The van der Waals surface area contributed by atoms with E-state index in [2.05, 4.69) is 4.74 Å². The van der Waals surface area contributed by atoms with Gasteiger partial charge in [-0.15, -0.1) is 0 Å². The van der Waals surface area contributed by atoms with Gasteiger partial charge in [-0.2, -0.15) is 24.9 Å². The molecular weight excluding hydrogens is 305 g/mol. The Hall–Kier alpha value is -0.270. The van der Waals surface area contributed by atoms with E-state index >= 15 is 0 Å². The van der Waals surface area contributed by atoms with Gasteiger partial charge in [0.25, 0.3) is 0 Å². The first-order valence-corrected chi connectivity index (χ1v) is 8.45. The fourth-order valence-electron chi connectivity index (χ4n) is 2.96. The van der Waals surface area contributed by atoms with Crippen molar-refractivity contribution < 1.29 is 27.4 Å². The van der Waals surface area contributed by atoms with Crippen molar-refractivity contribution in [3.8, 4) is 0 Å². The number of thioether (sulfide) groups is 1. The van der Waals surface area contributed by atoms with Gasteiger partial charge in [-0.1, -0.05) is 0 Å². The molecule has 1 atom stereocenters. The first kappa shape index (κ1) is 17.1. The highest BCUT2D eigenvalue weighted by atomic mass is 32.2. The standard InChI is InChI=1S/C14H21F3O3S/c15-14(16,17)10-19-5-2-12(18)11-1-6-20-13(9-11)3-7-21-8-4-13/h11H,1-10H2.